The van der Waals surface area contributed by atoms with Crippen LogP contribution in [0.1, 0.15) is 6.92 Å². The van der Waals surface area contributed by atoms with Crippen LogP contribution in [0.4, 0.5) is 17.6 Å². The highest BCUT2D eigenvalue weighted by Crippen LogP contribution is 2.35. The van der Waals surface area contributed by atoms with E-state index in [1.165, 1.54) is 0 Å². The lowest BCUT2D eigenvalue weighted by Crippen LogP contribution is -2.56. The highest BCUT2D eigenvalue weighted by atomic mass is 19.4. The molecule has 0 rings (SSSR count). The number of carboxylic acids is 1. The second kappa shape index (κ2) is 2.89. The van der Waals surface area contributed by atoms with E-state index in [9.17, 15) is 22.4 Å². The van der Waals surface area contributed by atoms with Gasteiger partial charge in [-0.15, -0.1) is 0 Å². The molecule has 7 heteroatoms. The van der Waals surface area contributed by atoms with E-state index in [0.29, 0.717) is 0 Å². The summed E-state index contributed by atoms with van der Waals surface area (Å²) in [5.41, 5.74) is 0.582. The number of rotatable bonds is 2. The van der Waals surface area contributed by atoms with Crippen LogP contribution >= 0.6 is 0 Å². The van der Waals surface area contributed by atoms with Crippen molar-refractivity contribution in [3.8, 4) is 0 Å². The van der Waals surface area contributed by atoms with E-state index in [1.54, 1.807) is 0 Å². The molecule has 72 valence electrons. The first-order valence-corrected chi connectivity index (χ1v) is 2.84. The molecule has 0 aliphatic rings. The second-order valence-corrected chi connectivity index (χ2v) is 2.39. The summed E-state index contributed by atoms with van der Waals surface area (Å²) in [6.45, 7) is 0.0891. The Labute approximate surface area is 65.2 Å². The Hall–Kier alpha value is -0.850. The molecular weight excluding hydrogens is 182 g/mol. The Morgan fingerprint density at radius 2 is 1.75 bits per heavy atom. The zero-order chi connectivity index (χ0) is 10.2. The average Bonchev–Trinajstić information content (AvgIpc) is 1.83. The third kappa shape index (κ3) is 1.84. The summed E-state index contributed by atoms with van der Waals surface area (Å²) in [5, 5.41) is 8.02. The van der Waals surface area contributed by atoms with Crippen molar-refractivity contribution in [1.82, 2.24) is 0 Å². The molecule has 3 N–H and O–H groups in total. The molecule has 0 bridgehead atoms. The van der Waals surface area contributed by atoms with Crippen LogP contribution in [0, 0.1) is 0 Å². The standard InChI is InChI=1S/C5H7F4NO2/c1-4(6,5(7,8)9)2(10)3(11)12/h2H,10H2,1H3,(H,11,12). The third-order valence-electron chi connectivity index (χ3n) is 1.40. The topological polar surface area (TPSA) is 63.3 Å². The number of carbonyl (C=O) groups is 1. The van der Waals surface area contributed by atoms with E-state index >= 15 is 0 Å². The molecule has 0 aliphatic heterocycles. The van der Waals surface area contributed by atoms with Crippen molar-refractivity contribution in [3.05, 3.63) is 0 Å². The molecule has 0 aromatic rings. The molecular formula is C5H7F4NO2. The molecule has 0 heterocycles. The Balaban J connectivity index is 4.73. The normalized spacial score (nSPS) is 19.8. The van der Waals surface area contributed by atoms with Gasteiger partial charge >= 0.3 is 12.1 Å². The van der Waals surface area contributed by atoms with Crippen LogP contribution < -0.4 is 5.73 Å². The van der Waals surface area contributed by atoms with Gasteiger partial charge in [-0.2, -0.15) is 13.2 Å². The van der Waals surface area contributed by atoms with Crippen molar-refractivity contribution in [1.29, 1.82) is 0 Å². The first-order chi connectivity index (χ1) is 5.10. The molecule has 0 saturated carbocycles. The van der Waals surface area contributed by atoms with Gasteiger partial charge in [0.05, 0.1) is 0 Å². The maximum absolute atomic E-state index is 12.6. The number of alkyl halides is 4. The smallest absolute Gasteiger partial charge is 0.424 e. The van der Waals surface area contributed by atoms with Crippen molar-refractivity contribution in [2.24, 2.45) is 5.73 Å². The van der Waals surface area contributed by atoms with E-state index in [1.807, 2.05) is 0 Å². The predicted octanol–water partition coefficient (Wildman–Crippen LogP) is 0.689. The van der Waals surface area contributed by atoms with Crippen LogP contribution in [0.5, 0.6) is 0 Å². The van der Waals surface area contributed by atoms with Crippen molar-refractivity contribution in [3.63, 3.8) is 0 Å². The Morgan fingerprint density at radius 1 is 1.42 bits per heavy atom. The largest absolute Gasteiger partial charge is 0.480 e. The van der Waals surface area contributed by atoms with Crippen molar-refractivity contribution in [2.45, 2.75) is 24.8 Å². The van der Waals surface area contributed by atoms with Gasteiger partial charge in [-0.1, -0.05) is 0 Å². The zero-order valence-corrected chi connectivity index (χ0v) is 6.02. The molecule has 0 aromatic carbocycles. The quantitative estimate of drug-likeness (QED) is 0.628. The molecule has 0 amide bonds. The molecule has 0 saturated heterocycles. The Morgan fingerprint density at radius 3 is 1.83 bits per heavy atom. The zero-order valence-electron chi connectivity index (χ0n) is 6.02. The molecule has 3 nitrogen and oxygen atoms in total. The Bertz CT molecular complexity index is 188. The van der Waals surface area contributed by atoms with E-state index in [2.05, 4.69) is 5.73 Å². The summed E-state index contributed by atoms with van der Waals surface area (Å²) in [6.07, 6.45) is -5.27. The summed E-state index contributed by atoms with van der Waals surface area (Å²) in [6, 6.07) is -2.60. The Kier molecular flexibility index (Phi) is 2.68. The van der Waals surface area contributed by atoms with E-state index in [-0.39, 0.29) is 6.92 Å². The second-order valence-electron chi connectivity index (χ2n) is 2.39. The van der Waals surface area contributed by atoms with Crippen LogP contribution in [0.25, 0.3) is 0 Å². The van der Waals surface area contributed by atoms with Gasteiger partial charge < -0.3 is 10.8 Å². The average molecular weight is 189 g/mol. The molecule has 12 heavy (non-hydrogen) atoms. The highest BCUT2D eigenvalue weighted by Gasteiger charge is 2.58. The van der Waals surface area contributed by atoms with Gasteiger partial charge in [0.1, 0.15) is 6.04 Å². The van der Waals surface area contributed by atoms with Gasteiger partial charge in [-0.3, -0.25) is 4.79 Å². The van der Waals surface area contributed by atoms with E-state index in [0.717, 1.165) is 0 Å². The summed E-state index contributed by atoms with van der Waals surface area (Å²) in [5.74, 6) is -2.03. The number of carboxylic acid groups (broad SMARTS) is 1. The number of nitrogens with two attached hydrogens (primary N) is 1. The van der Waals surface area contributed by atoms with Crippen molar-refractivity contribution in [2.75, 3.05) is 0 Å². The minimum atomic E-state index is -5.27. The van der Waals surface area contributed by atoms with Gasteiger partial charge in [-0.05, 0) is 6.92 Å². The van der Waals surface area contributed by atoms with E-state index < -0.39 is 23.9 Å². The molecule has 0 radical (unpaired) electrons. The predicted molar refractivity (Wildman–Crippen MR) is 31.2 cm³/mol. The lowest BCUT2D eigenvalue weighted by atomic mass is 9.99. The van der Waals surface area contributed by atoms with Gasteiger partial charge in [0.15, 0.2) is 0 Å². The summed E-state index contributed by atoms with van der Waals surface area (Å²) in [7, 11) is 0. The van der Waals surface area contributed by atoms with Crippen LogP contribution in [-0.2, 0) is 4.79 Å². The van der Waals surface area contributed by atoms with E-state index in [4.69, 9.17) is 5.11 Å². The lowest BCUT2D eigenvalue weighted by molar-refractivity contribution is -0.232. The molecule has 0 aliphatic carbocycles. The van der Waals surface area contributed by atoms with Crippen LogP contribution in [-0.4, -0.2) is 29.0 Å². The van der Waals surface area contributed by atoms with Crippen LogP contribution in [0.3, 0.4) is 0 Å². The first-order valence-electron chi connectivity index (χ1n) is 2.84. The molecule has 0 fully saturated rings. The van der Waals surface area contributed by atoms with Gasteiger partial charge in [-0.25, -0.2) is 4.39 Å². The number of hydrogen-bond donors (Lipinski definition) is 2. The minimum absolute atomic E-state index is 0.0891. The maximum Gasteiger partial charge on any atom is 0.424 e. The fraction of sp³-hybridized carbons (Fsp3) is 0.800. The highest BCUT2D eigenvalue weighted by molar-refractivity contribution is 5.75. The van der Waals surface area contributed by atoms with Crippen LogP contribution in [0.15, 0.2) is 0 Å². The fourth-order valence-electron chi connectivity index (χ4n) is 0.408. The number of hydrogen-bond acceptors (Lipinski definition) is 2. The first kappa shape index (κ1) is 11.2. The summed E-state index contributed by atoms with van der Waals surface area (Å²) >= 11 is 0. The van der Waals surface area contributed by atoms with Crippen LogP contribution in [0.2, 0.25) is 0 Å². The van der Waals surface area contributed by atoms with Gasteiger partial charge in [0.25, 0.3) is 0 Å². The maximum atomic E-state index is 12.6. The summed E-state index contributed by atoms with van der Waals surface area (Å²) < 4.78 is 47.8. The summed E-state index contributed by atoms with van der Waals surface area (Å²) in [4.78, 5) is 9.93. The molecule has 2 atom stereocenters. The minimum Gasteiger partial charge on any atom is -0.480 e. The molecule has 2 unspecified atom stereocenters. The SMILES string of the molecule is CC(F)(C(N)C(=O)O)C(F)(F)F. The lowest BCUT2D eigenvalue weighted by Gasteiger charge is -2.26. The van der Waals surface area contributed by atoms with Gasteiger partial charge in [0, 0.05) is 0 Å². The number of aliphatic carboxylic acids is 1. The van der Waals surface area contributed by atoms with Crippen molar-refractivity contribution < 1.29 is 27.5 Å². The van der Waals surface area contributed by atoms with Gasteiger partial charge in [0.2, 0.25) is 5.67 Å². The monoisotopic (exact) mass is 189 g/mol. The molecule has 0 spiro atoms. The third-order valence-corrected chi connectivity index (χ3v) is 1.40. The number of halogens is 4. The molecule has 0 aromatic heterocycles. The van der Waals surface area contributed by atoms with Crippen molar-refractivity contribution >= 4 is 5.97 Å². The fourth-order valence-corrected chi connectivity index (χ4v) is 0.408.